The fourth-order valence-electron chi connectivity index (χ4n) is 1.36. The quantitative estimate of drug-likeness (QED) is 0.683. The van der Waals surface area contributed by atoms with Crippen molar-refractivity contribution in [2.45, 2.75) is 26.8 Å². The first-order chi connectivity index (χ1) is 6.97. The highest BCUT2D eigenvalue weighted by atomic mass is 16.7. The zero-order chi connectivity index (χ0) is 11.6. The molecule has 0 saturated carbocycles. The summed E-state index contributed by atoms with van der Waals surface area (Å²) >= 11 is 0. The minimum Gasteiger partial charge on any atom is -0.274 e. The van der Waals surface area contributed by atoms with Crippen molar-refractivity contribution in [3.8, 4) is 0 Å². The van der Waals surface area contributed by atoms with Gasteiger partial charge in [0.2, 0.25) is 0 Å². The van der Waals surface area contributed by atoms with Gasteiger partial charge in [0.15, 0.2) is 0 Å². The van der Waals surface area contributed by atoms with E-state index in [-0.39, 0.29) is 5.91 Å². The Morgan fingerprint density at radius 2 is 2.13 bits per heavy atom. The molecule has 1 unspecified atom stereocenters. The van der Waals surface area contributed by atoms with Crippen LogP contribution in [0.1, 0.15) is 24.6 Å². The van der Waals surface area contributed by atoms with Crippen LogP contribution in [-0.4, -0.2) is 39.9 Å². The summed E-state index contributed by atoms with van der Waals surface area (Å²) in [5.41, 5.74) is 0. The topological polar surface area (TPSA) is 60.2 Å². The van der Waals surface area contributed by atoms with Crippen molar-refractivity contribution >= 4 is 5.91 Å². The maximum Gasteiger partial charge on any atom is 0.270 e. The van der Waals surface area contributed by atoms with Crippen LogP contribution < -0.4 is 0 Å². The second-order valence-electron chi connectivity index (χ2n) is 3.35. The van der Waals surface area contributed by atoms with Crippen LogP contribution >= 0.6 is 0 Å². The number of carbonyl (C=O) groups excluding carboxylic acids is 1. The summed E-state index contributed by atoms with van der Waals surface area (Å²) < 4.78 is 1.59. The minimum absolute atomic E-state index is 0.162. The molecule has 1 rings (SSSR count). The van der Waals surface area contributed by atoms with E-state index in [0.29, 0.717) is 5.82 Å². The molecule has 0 saturated heterocycles. The molecule has 0 N–H and O–H groups in total. The van der Waals surface area contributed by atoms with E-state index in [1.54, 1.807) is 25.6 Å². The summed E-state index contributed by atoms with van der Waals surface area (Å²) in [5.74, 6) is 1.22. The van der Waals surface area contributed by atoms with Gasteiger partial charge in [-0.1, -0.05) is 0 Å². The van der Waals surface area contributed by atoms with Crippen molar-refractivity contribution in [1.82, 2.24) is 19.8 Å². The molecule has 0 aromatic carbocycles. The molecule has 0 radical (unpaired) electrons. The SMILES string of the molecule is CON(C)C(=O)C(C)n1nc(C)nc1C. The van der Waals surface area contributed by atoms with E-state index in [1.807, 2.05) is 6.92 Å². The third-order valence-corrected chi connectivity index (χ3v) is 2.22. The normalized spacial score (nSPS) is 12.6. The van der Waals surface area contributed by atoms with Crippen molar-refractivity contribution in [3.63, 3.8) is 0 Å². The number of aryl methyl sites for hydroxylation is 2. The number of carbonyl (C=O) groups is 1. The highest BCUT2D eigenvalue weighted by molar-refractivity contribution is 5.78. The molecule has 1 heterocycles. The third kappa shape index (κ3) is 2.33. The summed E-state index contributed by atoms with van der Waals surface area (Å²) in [4.78, 5) is 20.7. The van der Waals surface area contributed by atoms with Crippen LogP contribution in [0.4, 0.5) is 0 Å². The molecule has 6 heteroatoms. The molecule has 0 bridgehead atoms. The number of hydroxylamine groups is 2. The molecule has 6 nitrogen and oxygen atoms in total. The Morgan fingerprint density at radius 3 is 2.53 bits per heavy atom. The lowest BCUT2D eigenvalue weighted by Crippen LogP contribution is -2.33. The van der Waals surface area contributed by atoms with Gasteiger partial charge in [-0.15, -0.1) is 0 Å². The lowest BCUT2D eigenvalue weighted by atomic mass is 10.3. The van der Waals surface area contributed by atoms with Crippen LogP contribution in [0.5, 0.6) is 0 Å². The Balaban J connectivity index is 2.89. The highest BCUT2D eigenvalue weighted by Gasteiger charge is 2.21. The van der Waals surface area contributed by atoms with Gasteiger partial charge in [-0.25, -0.2) is 14.7 Å². The lowest BCUT2D eigenvalue weighted by molar-refractivity contribution is -0.172. The van der Waals surface area contributed by atoms with E-state index in [0.717, 1.165) is 5.82 Å². The van der Waals surface area contributed by atoms with Gasteiger partial charge < -0.3 is 0 Å². The van der Waals surface area contributed by atoms with E-state index < -0.39 is 6.04 Å². The summed E-state index contributed by atoms with van der Waals surface area (Å²) in [6, 6.07) is -0.406. The average Bonchev–Trinajstić information content (AvgIpc) is 2.54. The smallest absolute Gasteiger partial charge is 0.270 e. The zero-order valence-electron chi connectivity index (χ0n) is 9.68. The molecule has 1 atom stereocenters. The van der Waals surface area contributed by atoms with Crippen LogP contribution in [0.2, 0.25) is 0 Å². The molecule has 0 fully saturated rings. The first-order valence-corrected chi connectivity index (χ1v) is 4.68. The summed E-state index contributed by atoms with van der Waals surface area (Å²) in [7, 11) is 3.02. The molecule has 0 aliphatic carbocycles. The van der Waals surface area contributed by atoms with Gasteiger partial charge in [0, 0.05) is 7.05 Å². The van der Waals surface area contributed by atoms with Crippen LogP contribution in [0.3, 0.4) is 0 Å². The predicted molar refractivity (Wildman–Crippen MR) is 54.0 cm³/mol. The van der Waals surface area contributed by atoms with Crippen LogP contribution in [0.25, 0.3) is 0 Å². The Kier molecular flexibility index (Phi) is 3.41. The molecule has 84 valence electrons. The lowest BCUT2D eigenvalue weighted by Gasteiger charge is -2.19. The van der Waals surface area contributed by atoms with Crippen molar-refractivity contribution in [2.75, 3.05) is 14.2 Å². The average molecular weight is 212 g/mol. The van der Waals surface area contributed by atoms with E-state index in [4.69, 9.17) is 4.84 Å². The van der Waals surface area contributed by atoms with Gasteiger partial charge in [-0.05, 0) is 20.8 Å². The fourth-order valence-corrected chi connectivity index (χ4v) is 1.36. The fraction of sp³-hybridized carbons (Fsp3) is 0.667. The second-order valence-corrected chi connectivity index (χ2v) is 3.35. The molecular formula is C9H16N4O2. The predicted octanol–water partition coefficient (Wildman–Crippen LogP) is 0.476. The molecule has 0 aliphatic heterocycles. The zero-order valence-corrected chi connectivity index (χ0v) is 9.68. The molecule has 1 amide bonds. The number of likely N-dealkylation sites (N-methyl/N-ethyl adjacent to an activating group) is 1. The first-order valence-electron chi connectivity index (χ1n) is 4.68. The summed E-state index contributed by atoms with van der Waals surface area (Å²) in [5, 5.41) is 5.33. The molecule has 1 aromatic heterocycles. The first kappa shape index (κ1) is 11.6. The molecule has 1 aromatic rings. The van der Waals surface area contributed by atoms with E-state index in [1.165, 1.54) is 12.2 Å². The minimum atomic E-state index is -0.406. The molecule has 15 heavy (non-hydrogen) atoms. The van der Waals surface area contributed by atoms with Gasteiger partial charge in [0.1, 0.15) is 17.7 Å². The maximum absolute atomic E-state index is 11.7. The van der Waals surface area contributed by atoms with Gasteiger partial charge in [0.05, 0.1) is 7.11 Å². The van der Waals surface area contributed by atoms with E-state index >= 15 is 0 Å². The standard InChI is InChI=1S/C9H16N4O2/c1-6(9(14)12(4)15-5)13-8(3)10-7(2)11-13/h6H,1-5H3. The van der Waals surface area contributed by atoms with Crippen molar-refractivity contribution in [1.29, 1.82) is 0 Å². The third-order valence-electron chi connectivity index (χ3n) is 2.22. The van der Waals surface area contributed by atoms with Crippen LogP contribution in [0, 0.1) is 13.8 Å². The number of amides is 1. The van der Waals surface area contributed by atoms with Crippen LogP contribution in [-0.2, 0) is 9.63 Å². The van der Waals surface area contributed by atoms with Crippen LogP contribution in [0.15, 0.2) is 0 Å². The maximum atomic E-state index is 11.7. The van der Waals surface area contributed by atoms with E-state index in [9.17, 15) is 4.79 Å². The van der Waals surface area contributed by atoms with Crippen molar-refractivity contribution < 1.29 is 9.63 Å². The molecular weight excluding hydrogens is 196 g/mol. The highest BCUT2D eigenvalue weighted by Crippen LogP contribution is 2.10. The number of hydrogen-bond acceptors (Lipinski definition) is 4. The molecule has 0 aliphatic rings. The summed E-state index contributed by atoms with van der Waals surface area (Å²) in [6.07, 6.45) is 0. The van der Waals surface area contributed by atoms with E-state index in [2.05, 4.69) is 10.1 Å². The van der Waals surface area contributed by atoms with Gasteiger partial charge in [0.25, 0.3) is 5.91 Å². The Hall–Kier alpha value is -1.43. The van der Waals surface area contributed by atoms with Gasteiger partial charge in [-0.2, -0.15) is 5.10 Å². The Labute approximate surface area is 88.8 Å². The number of hydrogen-bond donors (Lipinski definition) is 0. The van der Waals surface area contributed by atoms with Crippen molar-refractivity contribution in [3.05, 3.63) is 11.6 Å². The number of nitrogens with zero attached hydrogens (tertiary/aromatic N) is 4. The Morgan fingerprint density at radius 1 is 1.53 bits per heavy atom. The monoisotopic (exact) mass is 212 g/mol. The van der Waals surface area contributed by atoms with Gasteiger partial charge in [-0.3, -0.25) is 9.63 Å². The number of rotatable bonds is 3. The number of aromatic nitrogens is 3. The van der Waals surface area contributed by atoms with Gasteiger partial charge >= 0.3 is 0 Å². The van der Waals surface area contributed by atoms with Crippen molar-refractivity contribution in [2.24, 2.45) is 0 Å². The molecule has 0 spiro atoms. The summed E-state index contributed by atoms with van der Waals surface area (Å²) in [6.45, 7) is 5.37. The Bertz CT molecular complexity index is 361. The largest absolute Gasteiger partial charge is 0.274 e. The second kappa shape index (κ2) is 4.39.